The number of hydrogen-bond acceptors (Lipinski definition) is 4. The van der Waals surface area contributed by atoms with E-state index in [9.17, 15) is 14.0 Å². The summed E-state index contributed by atoms with van der Waals surface area (Å²) in [5.74, 6) is -0.540. The number of amides is 2. The number of nitrogens with zero attached hydrogens (tertiary/aromatic N) is 3. The van der Waals surface area contributed by atoms with Gasteiger partial charge in [-0.25, -0.2) is 4.39 Å². The Morgan fingerprint density at radius 1 is 0.943 bits per heavy atom. The molecule has 1 fully saturated rings. The Bertz CT molecular complexity index is 1110. The van der Waals surface area contributed by atoms with Gasteiger partial charge in [0, 0.05) is 30.1 Å². The number of halogens is 1. The number of thiophene rings is 1. The van der Waals surface area contributed by atoms with Gasteiger partial charge in [-0.15, -0.1) is 11.3 Å². The summed E-state index contributed by atoms with van der Waals surface area (Å²) in [7, 11) is 0. The van der Waals surface area contributed by atoms with E-state index in [1.54, 1.807) is 33.3 Å². The first-order chi connectivity index (χ1) is 17.0. The zero-order valence-corrected chi connectivity index (χ0v) is 21.0. The fourth-order valence-corrected chi connectivity index (χ4v) is 5.12. The maximum Gasteiger partial charge on any atom is 0.254 e. The Hall–Kier alpha value is -3.03. The number of carbonyl (C=O) groups is 2. The van der Waals surface area contributed by atoms with Crippen LogP contribution in [0.3, 0.4) is 0 Å². The molecule has 0 unspecified atom stereocenters. The molecule has 7 heteroatoms. The predicted molar refractivity (Wildman–Crippen MR) is 138 cm³/mol. The Morgan fingerprint density at radius 2 is 1.69 bits per heavy atom. The minimum absolute atomic E-state index is 0.00752. The van der Waals surface area contributed by atoms with Crippen molar-refractivity contribution in [2.75, 3.05) is 32.7 Å². The summed E-state index contributed by atoms with van der Waals surface area (Å²) in [6.07, 6.45) is 2.36. The molecule has 0 radical (unpaired) electrons. The van der Waals surface area contributed by atoms with Crippen LogP contribution >= 0.6 is 11.3 Å². The third-order valence-electron chi connectivity index (χ3n) is 6.44. The molecule has 184 valence electrons. The highest BCUT2D eigenvalue weighted by atomic mass is 32.1. The largest absolute Gasteiger partial charge is 0.332 e. The van der Waals surface area contributed by atoms with Crippen molar-refractivity contribution in [2.24, 2.45) is 0 Å². The lowest BCUT2D eigenvalue weighted by Gasteiger charge is -2.29. The molecule has 2 aromatic carbocycles. The van der Waals surface area contributed by atoms with Crippen molar-refractivity contribution in [1.82, 2.24) is 14.7 Å². The van der Waals surface area contributed by atoms with Crippen molar-refractivity contribution in [2.45, 2.75) is 32.9 Å². The molecule has 0 N–H and O–H groups in total. The van der Waals surface area contributed by atoms with Crippen LogP contribution in [-0.4, -0.2) is 59.2 Å². The van der Waals surface area contributed by atoms with E-state index < -0.39 is 0 Å². The van der Waals surface area contributed by atoms with Crippen LogP contribution in [0.1, 0.15) is 39.2 Å². The van der Waals surface area contributed by atoms with Gasteiger partial charge >= 0.3 is 0 Å². The van der Waals surface area contributed by atoms with Gasteiger partial charge in [0.2, 0.25) is 5.91 Å². The Kier molecular flexibility index (Phi) is 8.66. The van der Waals surface area contributed by atoms with Crippen LogP contribution in [0.4, 0.5) is 4.39 Å². The lowest BCUT2D eigenvalue weighted by molar-refractivity contribution is -0.133. The van der Waals surface area contributed by atoms with Gasteiger partial charge in [-0.05, 0) is 73.6 Å². The van der Waals surface area contributed by atoms with Crippen LogP contribution < -0.4 is 0 Å². The van der Waals surface area contributed by atoms with Crippen molar-refractivity contribution < 1.29 is 14.0 Å². The minimum atomic E-state index is -0.304. The summed E-state index contributed by atoms with van der Waals surface area (Å²) in [6, 6.07) is 17.7. The van der Waals surface area contributed by atoms with Gasteiger partial charge in [-0.2, -0.15) is 0 Å². The third-order valence-corrected chi connectivity index (χ3v) is 7.30. The topological polar surface area (TPSA) is 43.9 Å². The number of carbonyl (C=O) groups excluding carboxylic acids is 2. The summed E-state index contributed by atoms with van der Waals surface area (Å²) in [5, 5.41) is 1.99. The van der Waals surface area contributed by atoms with Crippen LogP contribution in [0.15, 0.2) is 66.0 Å². The van der Waals surface area contributed by atoms with E-state index in [4.69, 9.17) is 0 Å². The normalized spacial score (nSPS) is 13.7. The highest BCUT2D eigenvalue weighted by molar-refractivity contribution is 7.09. The molecular weight excluding hydrogens is 461 g/mol. The molecule has 0 saturated carbocycles. The molecule has 2 amide bonds. The lowest BCUT2D eigenvalue weighted by Crippen LogP contribution is -2.45. The number of rotatable bonds is 10. The molecule has 0 spiro atoms. The number of likely N-dealkylation sites (tertiary alicyclic amines) is 1. The van der Waals surface area contributed by atoms with E-state index in [2.05, 4.69) is 4.90 Å². The second-order valence-corrected chi connectivity index (χ2v) is 10.1. The summed E-state index contributed by atoms with van der Waals surface area (Å²) in [4.78, 5) is 34.0. The first-order valence-electron chi connectivity index (χ1n) is 12.1. The molecule has 1 saturated heterocycles. The number of hydrogen-bond donors (Lipinski definition) is 0. The van der Waals surface area contributed by atoms with Gasteiger partial charge in [0.25, 0.3) is 5.91 Å². The van der Waals surface area contributed by atoms with E-state index in [1.165, 1.54) is 25.0 Å². The van der Waals surface area contributed by atoms with Crippen molar-refractivity contribution in [3.05, 3.63) is 93.4 Å². The second-order valence-electron chi connectivity index (χ2n) is 9.05. The molecule has 1 aromatic heterocycles. The molecule has 0 bridgehead atoms. The van der Waals surface area contributed by atoms with Gasteiger partial charge in [0.15, 0.2) is 0 Å². The average Bonchev–Trinajstić information content (AvgIpc) is 3.57. The van der Waals surface area contributed by atoms with Crippen LogP contribution in [0.5, 0.6) is 0 Å². The highest BCUT2D eigenvalue weighted by Gasteiger charge is 2.25. The standard InChI is InChI=1S/C28H32FN3O2S/c1-22-7-2-3-9-26(22)28(34)31(17-16-30-14-4-5-15-30)21-27(33)32(20-25-8-6-18-35-25)19-23-10-12-24(29)13-11-23/h2-3,6-13,18H,4-5,14-17,19-21H2,1H3. The smallest absolute Gasteiger partial charge is 0.254 e. The average molecular weight is 494 g/mol. The zero-order chi connectivity index (χ0) is 24.6. The Labute approximate surface area is 210 Å². The summed E-state index contributed by atoms with van der Waals surface area (Å²) in [5.41, 5.74) is 2.38. The molecule has 3 aromatic rings. The third kappa shape index (κ3) is 6.99. The maximum atomic E-state index is 13.6. The SMILES string of the molecule is Cc1ccccc1C(=O)N(CCN1CCCC1)CC(=O)N(Cc1ccc(F)cc1)Cc1cccs1. The van der Waals surface area contributed by atoms with Crippen LogP contribution in [0.25, 0.3) is 0 Å². The van der Waals surface area contributed by atoms with Crippen LogP contribution in [0, 0.1) is 12.7 Å². The molecule has 4 rings (SSSR count). The monoisotopic (exact) mass is 493 g/mol. The van der Waals surface area contributed by atoms with Gasteiger partial charge < -0.3 is 14.7 Å². The van der Waals surface area contributed by atoms with Crippen molar-refractivity contribution >= 4 is 23.2 Å². The van der Waals surface area contributed by atoms with Crippen molar-refractivity contribution in [1.29, 1.82) is 0 Å². The molecule has 0 atom stereocenters. The number of aryl methyl sites for hydroxylation is 1. The summed E-state index contributed by atoms with van der Waals surface area (Å²) in [6.45, 7) is 6.07. The van der Waals surface area contributed by atoms with E-state index >= 15 is 0 Å². The quantitative estimate of drug-likeness (QED) is 0.401. The second kappa shape index (κ2) is 12.1. The fraction of sp³-hybridized carbons (Fsp3) is 0.357. The van der Waals surface area contributed by atoms with Crippen LogP contribution in [0.2, 0.25) is 0 Å². The van der Waals surface area contributed by atoms with E-state index in [0.29, 0.717) is 25.2 Å². The predicted octanol–water partition coefficient (Wildman–Crippen LogP) is 4.96. The molecule has 1 aliphatic rings. The summed E-state index contributed by atoms with van der Waals surface area (Å²) < 4.78 is 13.4. The molecule has 0 aliphatic carbocycles. The van der Waals surface area contributed by atoms with Gasteiger partial charge in [0.05, 0.1) is 6.54 Å². The molecule has 5 nitrogen and oxygen atoms in total. The number of benzene rings is 2. The molecule has 2 heterocycles. The Morgan fingerprint density at radius 3 is 2.37 bits per heavy atom. The van der Waals surface area contributed by atoms with E-state index in [0.717, 1.165) is 35.6 Å². The molecule has 35 heavy (non-hydrogen) atoms. The van der Waals surface area contributed by atoms with Gasteiger partial charge in [-0.3, -0.25) is 9.59 Å². The fourth-order valence-electron chi connectivity index (χ4n) is 4.40. The minimum Gasteiger partial charge on any atom is -0.332 e. The maximum absolute atomic E-state index is 13.6. The van der Waals surface area contributed by atoms with Crippen LogP contribution in [-0.2, 0) is 17.9 Å². The zero-order valence-electron chi connectivity index (χ0n) is 20.2. The first-order valence-corrected chi connectivity index (χ1v) is 13.0. The van der Waals surface area contributed by atoms with Crippen molar-refractivity contribution in [3.63, 3.8) is 0 Å². The molecular formula is C28H32FN3O2S. The van der Waals surface area contributed by atoms with E-state index in [1.807, 2.05) is 48.7 Å². The van der Waals surface area contributed by atoms with E-state index in [-0.39, 0.29) is 24.2 Å². The highest BCUT2D eigenvalue weighted by Crippen LogP contribution is 2.17. The summed E-state index contributed by atoms with van der Waals surface area (Å²) >= 11 is 1.59. The molecule has 1 aliphatic heterocycles. The Balaban J connectivity index is 1.53. The van der Waals surface area contributed by atoms with Gasteiger partial charge in [0.1, 0.15) is 12.4 Å². The first kappa shape index (κ1) is 25.1. The lowest BCUT2D eigenvalue weighted by atomic mass is 10.1. The van der Waals surface area contributed by atoms with Crippen molar-refractivity contribution in [3.8, 4) is 0 Å². The van der Waals surface area contributed by atoms with Gasteiger partial charge in [-0.1, -0.05) is 36.4 Å².